The molecule has 116 valence electrons. The average molecular weight is 310 g/mol. The van der Waals surface area contributed by atoms with Gasteiger partial charge in [0.2, 0.25) is 5.91 Å². The molecule has 1 aliphatic carbocycles. The predicted molar refractivity (Wildman–Crippen MR) is 75.2 cm³/mol. The lowest BCUT2D eigenvalue weighted by Crippen LogP contribution is -2.41. The quantitative estimate of drug-likeness (QED) is 0.794. The molecule has 2 unspecified atom stereocenters. The van der Waals surface area contributed by atoms with Crippen molar-refractivity contribution >= 4 is 23.1 Å². The van der Waals surface area contributed by atoms with E-state index >= 15 is 0 Å². The number of nitrogens with two attached hydrogens (primary N) is 1. The van der Waals surface area contributed by atoms with E-state index in [1.54, 1.807) is 4.90 Å². The molecule has 0 heterocycles. The Balaban J connectivity index is 2.62. The standard InChI is InChI=1S/C13H21F3N2OS/c1-2-18(7-6-11(17)20)12(19)9-4-3-5-10(8-9)13(14,15)16/h9-10H,2-8H2,1H3,(H2,17,20). The molecule has 0 aromatic heterocycles. The van der Waals surface area contributed by atoms with E-state index in [2.05, 4.69) is 0 Å². The number of carbonyl (C=O) groups is 1. The summed E-state index contributed by atoms with van der Waals surface area (Å²) in [5, 5.41) is 0. The molecule has 3 nitrogen and oxygen atoms in total. The molecule has 1 amide bonds. The fraction of sp³-hybridized carbons (Fsp3) is 0.846. The van der Waals surface area contributed by atoms with Crippen LogP contribution in [0.15, 0.2) is 0 Å². The first-order chi connectivity index (χ1) is 9.25. The van der Waals surface area contributed by atoms with E-state index in [1.165, 1.54) is 0 Å². The van der Waals surface area contributed by atoms with Crippen LogP contribution in [0, 0.1) is 11.8 Å². The van der Waals surface area contributed by atoms with E-state index in [9.17, 15) is 18.0 Å². The monoisotopic (exact) mass is 310 g/mol. The molecule has 0 bridgehead atoms. The van der Waals surface area contributed by atoms with Crippen LogP contribution in [-0.2, 0) is 4.79 Å². The van der Waals surface area contributed by atoms with Crippen molar-refractivity contribution in [3.8, 4) is 0 Å². The van der Waals surface area contributed by atoms with Crippen LogP contribution in [0.3, 0.4) is 0 Å². The molecule has 0 aromatic carbocycles. The summed E-state index contributed by atoms with van der Waals surface area (Å²) in [6.07, 6.45) is -2.76. The molecule has 1 rings (SSSR count). The van der Waals surface area contributed by atoms with Crippen LogP contribution in [0.1, 0.15) is 39.0 Å². The van der Waals surface area contributed by atoms with Gasteiger partial charge in [-0.2, -0.15) is 13.2 Å². The van der Waals surface area contributed by atoms with Crippen molar-refractivity contribution in [2.75, 3.05) is 13.1 Å². The molecule has 0 radical (unpaired) electrons. The van der Waals surface area contributed by atoms with Gasteiger partial charge in [-0.15, -0.1) is 0 Å². The number of thiocarbonyl (C=S) groups is 1. The van der Waals surface area contributed by atoms with Gasteiger partial charge in [0.1, 0.15) is 0 Å². The molecule has 1 aliphatic rings. The summed E-state index contributed by atoms with van der Waals surface area (Å²) < 4.78 is 38.3. The van der Waals surface area contributed by atoms with Gasteiger partial charge >= 0.3 is 6.18 Å². The zero-order valence-corrected chi connectivity index (χ0v) is 12.4. The zero-order chi connectivity index (χ0) is 15.3. The van der Waals surface area contributed by atoms with Crippen molar-refractivity contribution in [2.24, 2.45) is 17.6 Å². The molecule has 1 fully saturated rings. The van der Waals surface area contributed by atoms with E-state index in [4.69, 9.17) is 18.0 Å². The first-order valence-electron chi connectivity index (χ1n) is 6.89. The minimum Gasteiger partial charge on any atom is -0.393 e. The molecule has 0 spiro atoms. The number of carbonyl (C=O) groups excluding carboxylic acids is 1. The van der Waals surface area contributed by atoms with Crippen molar-refractivity contribution < 1.29 is 18.0 Å². The predicted octanol–water partition coefficient (Wildman–Crippen LogP) is 2.88. The number of rotatable bonds is 5. The van der Waals surface area contributed by atoms with E-state index in [1.807, 2.05) is 6.92 Å². The largest absolute Gasteiger partial charge is 0.393 e. The zero-order valence-electron chi connectivity index (χ0n) is 11.6. The highest BCUT2D eigenvalue weighted by molar-refractivity contribution is 7.80. The van der Waals surface area contributed by atoms with E-state index < -0.39 is 18.0 Å². The summed E-state index contributed by atoms with van der Waals surface area (Å²) in [5.41, 5.74) is 5.40. The molecule has 0 aliphatic heterocycles. The van der Waals surface area contributed by atoms with Crippen LogP contribution in [0.2, 0.25) is 0 Å². The first-order valence-corrected chi connectivity index (χ1v) is 7.30. The summed E-state index contributed by atoms with van der Waals surface area (Å²) in [5.74, 6) is -2.07. The summed E-state index contributed by atoms with van der Waals surface area (Å²) in [7, 11) is 0. The van der Waals surface area contributed by atoms with Crippen LogP contribution in [0.25, 0.3) is 0 Å². The third kappa shape index (κ3) is 4.92. The SMILES string of the molecule is CCN(CCC(N)=S)C(=O)C1CCCC(C(F)(F)F)C1. The maximum absolute atomic E-state index is 12.8. The van der Waals surface area contributed by atoms with Crippen molar-refractivity contribution in [3.63, 3.8) is 0 Å². The highest BCUT2D eigenvalue weighted by Crippen LogP contribution is 2.40. The van der Waals surface area contributed by atoms with Gasteiger partial charge in [-0.3, -0.25) is 4.79 Å². The van der Waals surface area contributed by atoms with Crippen LogP contribution >= 0.6 is 12.2 Å². The minimum absolute atomic E-state index is 0.0914. The molecule has 20 heavy (non-hydrogen) atoms. The minimum atomic E-state index is -4.20. The molecule has 1 saturated carbocycles. The maximum Gasteiger partial charge on any atom is 0.391 e. The number of hydrogen-bond donors (Lipinski definition) is 1. The molecule has 0 saturated heterocycles. The number of hydrogen-bond acceptors (Lipinski definition) is 2. The van der Waals surface area contributed by atoms with Crippen molar-refractivity contribution in [3.05, 3.63) is 0 Å². The third-order valence-corrected chi connectivity index (χ3v) is 4.01. The van der Waals surface area contributed by atoms with Crippen LogP contribution in [-0.4, -0.2) is 35.1 Å². The maximum atomic E-state index is 12.8. The lowest BCUT2D eigenvalue weighted by molar-refractivity contribution is -0.187. The Bertz CT molecular complexity index is 360. The molecule has 0 aromatic rings. The highest BCUT2D eigenvalue weighted by Gasteiger charge is 2.44. The van der Waals surface area contributed by atoms with Gasteiger partial charge < -0.3 is 10.6 Å². The molecular formula is C13H21F3N2OS. The summed E-state index contributed by atoms with van der Waals surface area (Å²) in [4.78, 5) is 14.2. The Morgan fingerprint density at radius 1 is 1.40 bits per heavy atom. The Labute approximate surface area is 122 Å². The first kappa shape index (κ1) is 17.2. The fourth-order valence-electron chi connectivity index (χ4n) is 2.64. The molecule has 2 atom stereocenters. The van der Waals surface area contributed by atoms with Crippen LogP contribution in [0.4, 0.5) is 13.2 Å². The van der Waals surface area contributed by atoms with Crippen LogP contribution < -0.4 is 5.73 Å². The second kappa shape index (κ2) is 7.24. The van der Waals surface area contributed by atoms with E-state index in [0.717, 1.165) is 0 Å². The Morgan fingerprint density at radius 2 is 2.05 bits per heavy atom. The van der Waals surface area contributed by atoms with Crippen molar-refractivity contribution in [1.82, 2.24) is 4.90 Å². The number of halogens is 3. The highest BCUT2D eigenvalue weighted by atomic mass is 32.1. The number of amides is 1. The van der Waals surface area contributed by atoms with Crippen molar-refractivity contribution in [2.45, 2.75) is 45.2 Å². The number of alkyl halides is 3. The second-order valence-electron chi connectivity index (χ2n) is 5.24. The Kier molecular flexibility index (Phi) is 6.23. The fourth-order valence-corrected chi connectivity index (χ4v) is 2.73. The Morgan fingerprint density at radius 3 is 2.55 bits per heavy atom. The third-order valence-electron chi connectivity index (χ3n) is 3.81. The van der Waals surface area contributed by atoms with Gasteiger partial charge in [0.05, 0.1) is 10.9 Å². The normalized spacial score (nSPS) is 23.4. The smallest absolute Gasteiger partial charge is 0.391 e. The molecular weight excluding hydrogens is 289 g/mol. The van der Waals surface area contributed by atoms with Gasteiger partial charge in [0, 0.05) is 25.4 Å². The summed E-state index contributed by atoms with van der Waals surface area (Å²) >= 11 is 4.76. The second-order valence-corrected chi connectivity index (χ2v) is 5.76. The van der Waals surface area contributed by atoms with Gasteiger partial charge in [0.15, 0.2) is 0 Å². The lowest BCUT2D eigenvalue weighted by atomic mass is 9.80. The van der Waals surface area contributed by atoms with Gasteiger partial charge in [-0.05, 0) is 26.2 Å². The van der Waals surface area contributed by atoms with Crippen molar-refractivity contribution in [1.29, 1.82) is 0 Å². The van der Waals surface area contributed by atoms with E-state index in [-0.39, 0.29) is 18.7 Å². The van der Waals surface area contributed by atoms with Gasteiger partial charge in [0.25, 0.3) is 0 Å². The topological polar surface area (TPSA) is 46.3 Å². The van der Waals surface area contributed by atoms with Gasteiger partial charge in [-0.1, -0.05) is 18.6 Å². The number of nitrogens with zero attached hydrogens (tertiary/aromatic N) is 1. The van der Waals surface area contributed by atoms with E-state index in [0.29, 0.717) is 37.3 Å². The van der Waals surface area contributed by atoms with Gasteiger partial charge in [-0.25, -0.2) is 0 Å². The summed E-state index contributed by atoms with van der Waals surface area (Å²) in [6.45, 7) is 2.66. The van der Waals surface area contributed by atoms with Crippen LogP contribution in [0.5, 0.6) is 0 Å². The summed E-state index contributed by atoms with van der Waals surface area (Å²) in [6, 6.07) is 0. The molecule has 7 heteroatoms. The molecule has 2 N–H and O–H groups in total. The lowest BCUT2D eigenvalue weighted by Gasteiger charge is -2.33. The average Bonchev–Trinajstić information content (AvgIpc) is 2.38. The Hall–Kier alpha value is -0.850.